The summed E-state index contributed by atoms with van der Waals surface area (Å²) >= 11 is 1.43. The highest BCUT2D eigenvalue weighted by molar-refractivity contribution is 8.13. The van der Waals surface area contributed by atoms with E-state index in [4.69, 9.17) is 24.7 Å². The number of thioether (sulfide) groups is 1. The number of amidine groups is 1. The molecule has 0 aromatic heterocycles. The van der Waals surface area contributed by atoms with Gasteiger partial charge in [-0.2, -0.15) is 0 Å². The van der Waals surface area contributed by atoms with Crippen molar-refractivity contribution < 1.29 is 24.2 Å². The van der Waals surface area contributed by atoms with Gasteiger partial charge in [0.15, 0.2) is 29.4 Å². The zero-order chi connectivity index (χ0) is 25.9. The molecule has 0 spiro atoms. The van der Waals surface area contributed by atoms with E-state index in [0.29, 0.717) is 44.3 Å². The number of carboxylic acids is 1. The minimum atomic E-state index is -1.09. The van der Waals surface area contributed by atoms with Gasteiger partial charge < -0.3 is 14.6 Å². The van der Waals surface area contributed by atoms with Crippen molar-refractivity contribution in [2.75, 3.05) is 13.7 Å². The number of amides is 1. The van der Waals surface area contributed by atoms with Crippen LogP contribution < -0.4 is 25.4 Å². The summed E-state index contributed by atoms with van der Waals surface area (Å²) in [6, 6.07) is 20.8. The van der Waals surface area contributed by atoms with E-state index in [1.807, 2.05) is 31.2 Å². The third kappa shape index (κ3) is 5.14. The van der Waals surface area contributed by atoms with E-state index in [2.05, 4.69) is 29.6 Å². The molecule has 0 bridgehead atoms. The zero-order valence-corrected chi connectivity index (χ0v) is 21.0. The number of rotatable bonds is 7. The van der Waals surface area contributed by atoms with Crippen LogP contribution in [0.5, 0.6) is 11.5 Å². The van der Waals surface area contributed by atoms with Crippen LogP contribution in [0.2, 0.25) is 0 Å². The number of methoxy groups -OCH3 is 1. The van der Waals surface area contributed by atoms with Gasteiger partial charge in [-0.3, -0.25) is 15.1 Å². The Hall–Kier alpha value is -4.31. The minimum Gasteiger partial charge on any atom is -0.493 e. The zero-order valence-electron chi connectivity index (χ0n) is 20.2. The predicted octanol–water partition coefficient (Wildman–Crippen LogP) is 2.54. The topological polar surface area (TPSA) is 113 Å². The molecule has 10 heteroatoms. The molecule has 1 amide bonds. The van der Waals surface area contributed by atoms with Crippen molar-refractivity contribution in [2.24, 2.45) is 10.1 Å². The Bertz CT molecular complexity index is 1520. The van der Waals surface area contributed by atoms with Crippen molar-refractivity contribution in [3.63, 3.8) is 0 Å². The monoisotopic (exact) mass is 516 g/mol. The fourth-order valence-corrected chi connectivity index (χ4v) is 4.86. The molecule has 2 aliphatic heterocycles. The molecule has 0 aliphatic carbocycles. The summed E-state index contributed by atoms with van der Waals surface area (Å²) in [4.78, 5) is 29.2. The summed E-state index contributed by atoms with van der Waals surface area (Å²) in [7, 11) is 1.48. The largest absolute Gasteiger partial charge is 0.493 e. The summed E-state index contributed by atoms with van der Waals surface area (Å²) in [5.74, 6) is -0.0579. The van der Waals surface area contributed by atoms with Gasteiger partial charge in [-0.15, -0.1) is 5.10 Å². The molecule has 2 N–H and O–H groups in total. The summed E-state index contributed by atoms with van der Waals surface area (Å²) < 4.78 is 10.8. The van der Waals surface area contributed by atoms with Gasteiger partial charge in [0.05, 0.1) is 12.5 Å². The first-order valence-corrected chi connectivity index (χ1v) is 12.5. The molecule has 1 atom stereocenters. The first kappa shape index (κ1) is 24.4. The van der Waals surface area contributed by atoms with E-state index in [0.717, 1.165) is 5.56 Å². The van der Waals surface area contributed by atoms with E-state index in [1.165, 1.54) is 24.4 Å². The maximum atomic E-state index is 13.3. The molecule has 2 heterocycles. The number of nitrogens with one attached hydrogen (secondary N) is 1. The van der Waals surface area contributed by atoms with Crippen LogP contribution in [-0.2, 0) is 15.3 Å². The highest BCUT2D eigenvalue weighted by atomic mass is 32.2. The molecule has 0 saturated carbocycles. The van der Waals surface area contributed by atoms with Crippen molar-refractivity contribution >= 4 is 34.5 Å². The van der Waals surface area contributed by atoms with Crippen LogP contribution in [0.1, 0.15) is 22.9 Å². The number of aliphatic carboxylic acids is 1. The number of hydrazone groups is 1. The van der Waals surface area contributed by atoms with Gasteiger partial charge in [-0.05, 0) is 30.7 Å². The summed E-state index contributed by atoms with van der Waals surface area (Å²) in [6.07, 6.45) is -0.645. The maximum Gasteiger partial charge on any atom is 0.341 e. The molecule has 2 aliphatic rings. The van der Waals surface area contributed by atoms with Gasteiger partial charge in [0.2, 0.25) is 0 Å². The van der Waals surface area contributed by atoms with Crippen LogP contribution in [0.15, 0.2) is 76.8 Å². The molecule has 3 aromatic rings. The number of para-hydroxylation sites is 1. The number of benzene rings is 3. The van der Waals surface area contributed by atoms with Crippen molar-refractivity contribution in [1.29, 1.82) is 0 Å². The second-order valence-corrected chi connectivity index (χ2v) is 9.40. The Morgan fingerprint density at radius 3 is 2.65 bits per heavy atom. The Labute approximate surface area is 217 Å². The highest BCUT2D eigenvalue weighted by Gasteiger charge is 2.34. The molecule has 1 unspecified atom stereocenters. The number of hydrogen-bond acceptors (Lipinski definition) is 8. The molecular weight excluding hydrogens is 492 g/mol. The predicted molar refractivity (Wildman–Crippen MR) is 139 cm³/mol. The number of carboxylic acid groups (broad SMARTS) is 1. The molecule has 188 valence electrons. The van der Waals surface area contributed by atoms with Crippen molar-refractivity contribution in [3.8, 4) is 11.5 Å². The van der Waals surface area contributed by atoms with E-state index in [-0.39, 0.29) is 5.91 Å². The lowest BCUT2D eigenvalue weighted by Gasteiger charge is -2.34. The van der Waals surface area contributed by atoms with E-state index in [1.54, 1.807) is 23.2 Å². The van der Waals surface area contributed by atoms with E-state index in [9.17, 15) is 9.59 Å². The van der Waals surface area contributed by atoms with Crippen molar-refractivity contribution in [2.45, 2.75) is 18.8 Å². The Kier molecular flexibility index (Phi) is 6.82. The van der Waals surface area contributed by atoms with Gasteiger partial charge in [0.1, 0.15) is 5.70 Å². The average molecular weight is 517 g/mol. The molecule has 5 rings (SSSR count). The smallest absolute Gasteiger partial charge is 0.341 e. The average Bonchev–Trinajstić information content (AvgIpc) is 2.90. The number of carbonyl (C=O) groups excluding carboxylic acids is 1. The molecule has 37 heavy (non-hydrogen) atoms. The fraction of sp³-hybridized carbons (Fsp3) is 0.185. The third-order valence-electron chi connectivity index (χ3n) is 5.85. The molecule has 0 fully saturated rings. The SMILES string of the molecule is COc1cc(C2N=c3ccccc3=C3C(=O)NC(SCc4ccc(C)cc4)=NN32)ccc1OCC(=O)O. The second kappa shape index (κ2) is 10.4. The number of fused-ring (bicyclic) bond motifs is 2. The number of nitrogens with zero attached hydrogens (tertiary/aromatic N) is 3. The first-order valence-electron chi connectivity index (χ1n) is 11.5. The van der Waals surface area contributed by atoms with Crippen molar-refractivity contribution in [3.05, 3.63) is 94.0 Å². The van der Waals surface area contributed by atoms with Crippen LogP contribution in [0.3, 0.4) is 0 Å². The lowest BCUT2D eigenvalue weighted by atomic mass is 10.1. The molecule has 0 radical (unpaired) electrons. The van der Waals surface area contributed by atoms with Gasteiger partial charge in [0.25, 0.3) is 5.91 Å². The van der Waals surface area contributed by atoms with Crippen LogP contribution in [0.4, 0.5) is 0 Å². The standard InChI is InChI=1S/C27H24N4O5S/c1-16-7-9-17(10-8-16)15-37-27-29-26(34)24-19-5-3-4-6-20(19)28-25(31(24)30-27)18-11-12-21(22(13-18)35-2)36-14-23(32)33/h3-13,25H,14-15H2,1-2H3,(H,32,33)(H,29,30,34). The fourth-order valence-electron chi connectivity index (χ4n) is 4.05. The van der Waals surface area contributed by atoms with Crippen molar-refractivity contribution in [1.82, 2.24) is 10.3 Å². The maximum absolute atomic E-state index is 13.3. The van der Waals surface area contributed by atoms with Crippen LogP contribution in [0.25, 0.3) is 5.70 Å². The van der Waals surface area contributed by atoms with Crippen LogP contribution >= 0.6 is 11.8 Å². The van der Waals surface area contributed by atoms with Gasteiger partial charge in [-0.25, -0.2) is 9.80 Å². The molecular formula is C27H24N4O5S. The molecule has 9 nitrogen and oxygen atoms in total. The first-order chi connectivity index (χ1) is 17.9. The van der Waals surface area contributed by atoms with Gasteiger partial charge in [-0.1, -0.05) is 65.9 Å². The number of hydrogen-bond donors (Lipinski definition) is 2. The van der Waals surface area contributed by atoms with Crippen LogP contribution in [0, 0.1) is 6.92 Å². The highest BCUT2D eigenvalue weighted by Crippen LogP contribution is 2.36. The number of aryl methyl sites for hydroxylation is 1. The molecule has 0 saturated heterocycles. The van der Waals surface area contributed by atoms with E-state index >= 15 is 0 Å². The van der Waals surface area contributed by atoms with Crippen LogP contribution in [-0.4, -0.2) is 40.9 Å². The van der Waals surface area contributed by atoms with Gasteiger partial charge >= 0.3 is 5.97 Å². The Morgan fingerprint density at radius 2 is 1.89 bits per heavy atom. The lowest BCUT2D eigenvalue weighted by Crippen LogP contribution is -2.50. The second-order valence-electron chi connectivity index (χ2n) is 8.44. The summed E-state index contributed by atoms with van der Waals surface area (Å²) in [5, 5.41) is 20.1. The van der Waals surface area contributed by atoms with E-state index < -0.39 is 18.7 Å². The number of carbonyl (C=O) groups is 2. The normalized spacial score (nSPS) is 16.1. The van der Waals surface area contributed by atoms with Gasteiger partial charge in [0, 0.05) is 16.5 Å². The lowest BCUT2D eigenvalue weighted by molar-refractivity contribution is -0.139. The Morgan fingerprint density at radius 1 is 1.11 bits per heavy atom. The minimum absolute atomic E-state index is 0.262. The quantitative estimate of drug-likeness (QED) is 0.496. The summed E-state index contributed by atoms with van der Waals surface area (Å²) in [6.45, 7) is 1.55. The molecule has 3 aromatic carbocycles. The number of ether oxygens (including phenoxy) is 2. The summed E-state index contributed by atoms with van der Waals surface area (Å²) in [5.41, 5.74) is 3.41. The Balaban J connectivity index is 1.52. The third-order valence-corrected chi connectivity index (χ3v) is 6.78.